The van der Waals surface area contributed by atoms with E-state index < -0.39 is 0 Å². The van der Waals surface area contributed by atoms with Crippen LogP contribution in [-0.2, 0) is 12.0 Å². The highest BCUT2D eigenvalue weighted by atomic mass is 19.1. The summed E-state index contributed by atoms with van der Waals surface area (Å²) in [5.74, 6) is 2.63. The number of fused-ring (bicyclic) bond motifs is 1. The van der Waals surface area contributed by atoms with Crippen molar-refractivity contribution in [1.29, 1.82) is 0 Å². The van der Waals surface area contributed by atoms with Crippen molar-refractivity contribution in [3.63, 3.8) is 0 Å². The monoisotopic (exact) mass is 404 g/mol. The quantitative estimate of drug-likeness (QED) is 0.630. The first-order chi connectivity index (χ1) is 14.4. The minimum absolute atomic E-state index is 0.236. The number of allylic oxidation sites excluding steroid dienone is 1. The predicted molar refractivity (Wildman–Crippen MR) is 116 cm³/mol. The highest BCUT2D eigenvalue weighted by Gasteiger charge is 2.39. The molecule has 0 amide bonds. The first-order valence-corrected chi connectivity index (χ1v) is 10.3. The maximum atomic E-state index is 14.0. The Hall–Kier alpha value is -3.22. The molecule has 3 aromatic rings. The van der Waals surface area contributed by atoms with Crippen LogP contribution in [0.25, 0.3) is 11.5 Å². The summed E-state index contributed by atoms with van der Waals surface area (Å²) in [5.41, 5.74) is 2.93. The van der Waals surface area contributed by atoms with Gasteiger partial charge in [-0.3, -0.25) is 4.68 Å². The minimum atomic E-state index is -0.260. The molecule has 1 aromatic carbocycles. The van der Waals surface area contributed by atoms with Gasteiger partial charge < -0.3 is 10.6 Å². The molecule has 6 nitrogen and oxygen atoms in total. The number of nitrogens with zero attached hydrogens (tertiary/aromatic N) is 4. The topological polar surface area (TPSA) is 67.7 Å². The van der Waals surface area contributed by atoms with Crippen LogP contribution in [0.5, 0.6) is 0 Å². The SMILES string of the molecule is C=C1Nc2nc(-c3ccn(Cc4ccccc4F)n3)nc(NCC3CC3)c2C1(C)C. The van der Waals surface area contributed by atoms with Gasteiger partial charge in [0.15, 0.2) is 5.82 Å². The lowest BCUT2D eigenvalue weighted by Gasteiger charge is -2.21. The normalized spacial score (nSPS) is 17.0. The standard InChI is InChI=1S/C23H25FN6/c1-14-23(2,3)19-21(25-12-15-8-9-15)27-20(28-22(19)26-14)18-10-11-30(29-18)13-16-6-4-5-7-17(16)24/h4-7,10-11,15H,1,8-9,12-13H2,2-3H3,(H2,25,26,27,28). The van der Waals surface area contributed by atoms with Gasteiger partial charge in [-0.1, -0.05) is 24.8 Å². The van der Waals surface area contributed by atoms with E-state index in [2.05, 4.69) is 36.2 Å². The number of aromatic nitrogens is 4. The molecule has 1 saturated carbocycles. The molecule has 2 aliphatic rings. The summed E-state index contributed by atoms with van der Waals surface area (Å²) < 4.78 is 15.7. The fraction of sp³-hybridized carbons (Fsp3) is 0.348. The van der Waals surface area contributed by atoms with Crippen LogP contribution >= 0.6 is 0 Å². The highest BCUT2D eigenvalue weighted by molar-refractivity contribution is 5.74. The first kappa shape index (κ1) is 18.8. The van der Waals surface area contributed by atoms with Gasteiger partial charge in [-0.25, -0.2) is 14.4 Å². The third-order valence-corrected chi connectivity index (χ3v) is 5.97. The number of hydrogen-bond donors (Lipinski definition) is 2. The Kier molecular flexibility index (Phi) is 4.34. The maximum Gasteiger partial charge on any atom is 0.184 e. The first-order valence-electron chi connectivity index (χ1n) is 10.3. The van der Waals surface area contributed by atoms with Crippen LogP contribution in [0.3, 0.4) is 0 Å². The fourth-order valence-corrected chi connectivity index (χ4v) is 3.77. The number of rotatable bonds is 6. The van der Waals surface area contributed by atoms with Crippen LogP contribution in [0, 0.1) is 11.7 Å². The zero-order valence-electron chi connectivity index (χ0n) is 17.2. The zero-order chi connectivity index (χ0) is 20.9. The van der Waals surface area contributed by atoms with Crippen molar-refractivity contribution in [3.8, 4) is 11.5 Å². The largest absolute Gasteiger partial charge is 0.369 e. The molecule has 1 fully saturated rings. The van der Waals surface area contributed by atoms with Gasteiger partial charge in [0, 0.05) is 35.0 Å². The summed E-state index contributed by atoms with van der Waals surface area (Å²) in [5, 5.41) is 11.5. The molecule has 0 atom stereocenters. The molecular weight excluding hydrogens is 379 g/mol. The molecule has 1 aliphatic heterocycles. The minimum Gasteiger partial charge on any atom is -0.369 e. The van der Waals surface area contributed by atoms with E-state index >= 15 is 0 Å². The number of benzene rings is 1. The Labute approximate surface area is 175 Å². The summed E-state index contributed by atoms with van der Waals surface area (Å²) >= 11 is 0. The molecule has 30 heavy (non-hydrogen) atoms. The Bertz CT molecular complexity index is 1130. The van der Waals surface area contributed by atoms with Gasteiger partial charge in [0.25, 0.3) is 0 Å². The van der Waals surface area contributed by atoms with Crippen LogP contribution < -0.4 is 10.6 Å². The third kappa shape index (κ3) is 3.34. The lowest BCUT2D eigenvalue weighted by atomic mass is 9.85. The number of halogens is 1. The summed E-state index contributed by atoms with van der Waals surface area (Å²) in [4.78, 5) is 9.57. The molecule has 0 bridgehead atoms. The van der Waals surface area contributed by atoms with Gasteiger partial charge in [-0.05, 0) is 44.7 Å². The molecule has 0 unspecified atom stereocenters. The number of nitrogens with one attached hydrogen (secondary N) is 2. The second-order valence-corrected chi connectivity index (χ2v) is 8.66. The Morgan fingerprint density at radius 1 is 1.23 bits per heavy atom. The van der Waals surface area contributed by atoms with Crippen molar-refractivity contribution in [1.82, 2.24) is 19.7 Å². The van der Waals surface area contributed by atoms with Gasteiger partial charge in [-0.2, -0.15) is 5.10 Å². The molecule has 1 aliphatic carbocycles. The van der Waals surface area contributed by atoms with Crippen molar-refractivity contribution in [2.75, 3.05) is 17.2 Å². The summed E-state index contributed by atoms with van der Waals surface area (Å²) in [6, 6.07) is 8.60. The molecule has 2 aromatic heterocycles. The van der Waals surface area contributed by atoms with Crippen LogP contribution in [0.4, 0.5) is 16.0 Å². The molecule has 2 N–H and O–H groups in total. The average Bonchev–Trinajstić information content (AvgIpc) is 3.37. The van der Waals surface area contributed by atoms with Crippen molar-refractivity contribution in [2.45, 2.75) is 38.6 Å². The predicted octanol–water partition coefficient (Wildman–Crippen LogP) is 4.57. The van der Waals surface area contributed by atoms with E-state index in [1.807, 2.05) is 18.3 Å². The summed E-state index contributed by atoms with van der Waals surface area (Å²) in [6.45, 7) is 9.69. The van der Waals surface area contributed by atoms with E-state index in [9.17, 15) is 4.39 Å². The Balaban J connectivity index is 1.48. The fourth-order valence-electron chi connectivity index (χ4n) is 3.77. The molecule has 154 valence electrons. The highest BCUT2D eigenvalue weighted by Crippen LogP contribution is 2.45. The molecular formula is C23H25FN6. The lowest BCUT2D eigenvalue weighted by molar-refractivity contribution is 0.585. The molecule has 0 radical (unpaired) electrons. The molecule has 7 heteroatoms. The lowest BCUT2D eigenvalue weighted by Crippen LogP contribution is -2.19. The van der Waals surface area contributed by atoms with E-state index in [1.165, 1.54) is 18.9 Å². The van der Waals surface area contributed by atoms with Gasteiger partial charge in [-0.15, -0.1) is 0 Å². The maximum absolute atomic E-state index is 14.0. The van der Waals surface area contributed by atoms with Gasteiger partial charge in [0.05, 0.1) is 6.54 Å². The number of anilines is 2. The van der Waals surface area contributed by atoms with E-state index in [1.54, 1.807) is 16.8 Å². The molecule has 0 saturated heterocycles. The Morgan fingerprint density at radius 3 is 2.80 bits per heavy atom. The summed E-state index contributed by atoms with van der Waals surface area (Å²) in [6.07, 6.45) is 4.36. The van der Waals surface area contributed by atoms with Gasteiger partial charge in [0.1, 0.15) is 23.1 Å². The van der Waals surface area contributed by atoms with E-state index in [4.69, 9.17) is 9.97 Å². The van der Waals surface area contributed by atoms with Crippen molar-refractivity contribution >= 4 is 11.6 Å². The molecule has 5 rings (SSSR count). The molecule has 3 heterocycles. The summed E-state index contributed by atoms with van der Waals surface area (Å²) in [7, 11) is 0. The van der Waals surface area contributed by atoms with E-state index in [0.29, 0.717) is 23.6 Å². The molecule has 0 spiro atoms. The number of hydrogen-bond acceptors (Lipinski definition) is 5. The van der Waals surface area contributed by atoms with Gasteiger partial charge in [0.2, 0.25) is 0 Å². The van der Waals surface area contributed by atoms with E-state index in [-0.39, 0.29) is 11.2 Å². The van der Waals surface area contributed by atoms with Crippen molar-refractivity contribution in [3.05, 3.63) is 65.7 Å². The zero-order valence-corrected chi connectivity index (χ0v) is 17.2. The third-order valence-electron chi connectivity index (χ3n) is 5.97. The second-order valence-electron chi connectivity index (χ2n) is 8.66. The van der Waals surface area contributed by atoms with Crippen LogP contribution in [0.15, 0.2) is 48.8 Å². The van der Waals surface area contributed by atoms with Gasteiger partial charge >= 0.3 is 0 Å². The average molecular weight is 404 g/mol. The van der Waals surface area contributed by atoms with E-state index in [0.717, 1.165) is 35.4 Å². The van der Waals surface area contributed by atoms with Crippen LogP contribution in [0.1, 0.15) is 37.8 Å². The van der Waals surface area contributed by atoms with Crippen LogP contribution in [0.2, 0.25) is 0 Å². The van der Waals surface area contributed by atoms with Crippen molar-refractivity contribution in [2.24, 2.45) is 5.92 Å². The van der Waals surface area contributed by atoms with Crippen molar-refractivity contribution < 1.29 is 4.39 Å². The smallest absolute Gasteiger partial charge is 0.184 e. The Morgan fingerprint density at radius 2 is 2.03 bits per heavy atom. The second kappa shape index (κ2) is 6.93. The van der Waals surface area contributed by atoms with Crippen LogP contribution in [-0.4, -0.2) is 26.3 Å².